The second-order valence-electron chi connectivity index (χ2n) is 8.48. The van der Waals surface area contributed by atoms with Gasteiger partial charge in [-0.1, -0.05) is 48.2 Å². The van der Waals surface area contributed by atoms with E-state index in [9.17, 15) is 9.59 Å². The lowest BCUT2D eigenvalue weighted by molar-refractivity contribution is -0.124. The zero-order valence-corrected chi connectivity index (χ0v) is 20.3. The average molecular weight is 503 g/mol. The van der Waals surface area contributed by atoms with Gasteiger partial charge >= 0.3 is 0 Å². The largest absolute Gasteiger partial charge is 0.367 e. The van der Waals surface area contributed by atoms with E-state index in [4.69, 9.17) is 23.2 Å². The van der Waals surface area contributed by atoms with E-state index in [1.807, 2.05) is 12.1 Å². The Morgan fingerprint density at radius 1 is 1.18 bits per heavy atom. The average Bonchev–Trinajstić information content (AvgIpc) is 3.49. The van der Waals surface area contributed by atoms with E-state index in [0.29, 0.717) is 60.0 Å². The summed E-state index contributed by atoms with van der Waals surface area (Å²) in [6.45, 7) is 2.16. The Morgan fingerprint density at radius 3 is 2.74 bits per heavy atom. The van der Waals surface area contributed by atoms with E-state index in [1.54, 1.807) is 29.3 Å². The van der Waals surface area contributed by atoms with Gasteiger partial charge in [-0.05, 0) is 37.0 Å². The second kappa shape index (κ2) is 11.5. The molecular formula is C24H28Cl2N6O2. The first-order chi connectivity index (χ1) is 16.5. The molecule has 34 heavy (non-hydrogen) atoms. The van der Waals surface area contributed by atoms with Gasteiger partial charge in [0, 0.05) is 44.5 Å². The minimum absolute atomic E-state index is 0.0201. The number of hydrogen-bond acceptors (Lipinski definition) is 6. The van der Waals surface area contributed by atoms with Crippen LogP contribution in [-0.2, 0) is 11.3 Å². The lowest BCUT2D eigenvalue weighted by Gasteiger charge is -2.18. The van der Waals surface area contributed by atoms with E-state index < -0.39 is 0 Å². The third-order valence-corrected chi connectivity index (χ3v) is 6.69. The lowest BCUT2D eigenvalue weighted by Crippen LogP contribution is -2.31. The zero-order chi connectivity index (χ0) is 23.9. The molecule has 8 nitrogen and oxygen atoms in total. The van der Waals surface area contributed by atoms with Crippen LogP contribution in [0.1, 0.15) is 48.0 Å². The summed E-state index contributed by atoms with van der Waals surface area (Å²) in [6.07, 6.45) is 10.1. The molecule has 1 fully saturated rings. The fourth-order valence-electron chi connectivity index (χ4n) is 4.08. The van der Waals surface area contributed by atoms with Crippen LogP contribution in [0, 0.1) is 0 Å². The van der Waals surface area contributed by atoms with Crippen molar-refractivity contribution in [1.29, 1.82) is 0 Å². The molecule has 0 unspecified atom stereocenters. The van der Waals surface area contributed by atoms with Gasteiger partial charge in [-0.15, -0.1) is 0 Å². The third-order valence-electron chi connectivity index (χ3n) is 5.95. The Labute approximate surface area is 209 Å². The molecule has 3 N–H and O–H groups in total. The SMILES string of the molecule is O=C(NCCCN1CC=CC1=O)c1cnc(NCc2ccc(Cl)c(Cl)c2)nc1NC1CCCC1. The highest BCUT2D eigenvalue weighted by atomic mass is 35.5. The van der Waals surface area contributed by atoms with Gasteiger partial charge in [0.15, 0.2) is 0 Å². The van der Waals surface area contributed by atoms with Crippen LogP contribution in [0.15, 0.2) is 36.5 Å². The lowest BCUT2D eigenvalue weighted by atomic mass is 10.2. The van der Waals surface area contributed by atoms with Gasteiger partial charge < -0.3 is 20.9 Å². The summed E-state index contributed by atoms with van der Waals surface area (Å²) < 4.78 is 0. The number of carbonyl (C=O) groups is 2. The van der Waals surface area contributed by atoms with E-state index in [1.165, 1.54) is 0 Å². The normalized spacial score (nSPS) is 15.7. The monoisotopic (exact) mass is 502 g/mol. The minimum Gasteiger partial charge on any atom is -0.367 e. The number of anilines is 2. The molecule has 0 bridgehead atoms. The van der Waals surface area contributed by atoms with E-state index in [2.05, 4.69) is 25.9 Å². The summed E-state index contributed by atoms with van der Waals surface area (Å²) in [4.78, 5) is 35.2. The first kappa shape index (κ1) is 24.3. The maximum absolute atomic E-state index is 12.9. The highest BCUT2D eigenvalue weighted by Gasteiger charge is 2.21. The number of aromatic nitrogens is 2. The Kier molecular flexibility index (Phi) is 8.24. The van der Waals surface area contributed by atoms with Crippen molar-refractivity contribution in [3.63, 3.8) is 0 Å². The molecular weight excluding hydrogens is 475 g/mol. The Morgan fingerprint density at radius 2 is 2.00 bits per heavy atom. The Balaban J connectivity index is 1.38. The van der Waals surface area contributed by atoms with Crippen molar-refractivity contribution in [2.75, 3.05) is 30.3 Å². The predicted molar refractivity (Wildman–Crippen MR) is 134 cm³/mol. The van der Waals surface area contributed by atoms with Crippen molar-refractivity contribution in [2.24, 2.45) is 0 Å². The van der Waals surface area contributed by atoms with Crippen LogP contribution in [0.3, 0.4) is 0 Å². The zero-order valence-electron chi connectivity index (χ0n) is 18.8. The summed E-state index contributed by atoms with van der Waals surface area (Å²) >= 11 is 12.1. The van der Waals surface area contributed by atoms with Crippen molar-refractivity contribution < 1.29 is 9.59 Å². The fourth-order valence-corrected chi connectivity index (χ4v) is 4.40. The number of rotatable bonds is 10. The summed E-state index contributed by atoms with van der Waals surface area (Å²) in [5.74, 6) is 0.729. The Hall–Kier alpha value is -2.84. The van der Waals surface area contributed by atoms with Gasteiger partial charge in [0.05, 0.1) is 10.0 Å². The number of nitrogens with one attached hydrogen (secondary N) is 3. The molecule has 2 aliphatic rings. The molecule has 1 aromatic carbocycles. The van der Waals surface area contributed by atoms with Crippen molar-refractivity contribution in [1.82, 2.24) is 20.2 Å². The van der Waals surface area contributed by atoms with Crippen LogP contribution in [0.5, 0.6) is 0 Å². The molecule has 1 saturated carbocycles. The maximum atomic E-state index is 12.9. The van der Waals surface area contributed by atoms with Gasteiger partial charge in [-0.25, -0.2) is 4.98 Å². The van der Waals surface area contributed by atoms with Gasteiger partial charge in [-0.2, -0.15) is 4.98 Å². The second-order valence-corrected chi connectivity index (χ2v) is 9.29. The minimum atomic E-state index is -0.234. The van der Waals surface area contributed by atoms with Crippen LogP contribution in [-0.4, -0.2) is 52.4 Å². The summed E-state index contributed by atoms with van der Waals surface area (Å²) in [7, 11) is 0. The predicted octanol–water partition coefficient (Wildman–Crippen LogP) is 4.27. The highest BCUT2D eigenvalue weighted by molar-refractivity contribution is 6.42. The molecule has 4 rings (SSSR count). The number of hydrogen-bond donors (Lipinski definition) is 3. The van der Waals surface area contributed by atoms with Crippen LogP contribution in [0.25, 0.3) is 0 Å². The van der Waals surface area contributed by atoms with Crippen molar-refractivity contribution in [3.05, 3.63) is 57.7 Å². The molecule has 0 saturated heterocycles. The third kappa shape index (κ3) is 6.39. The molecule has 2 heterocycles. The number of nitrogens with zero attached hydrogens (tertiary/aromatic N) is 3. The van der Waals surface area contributed by atoms with Gasteiger partial charge in [0.1, 0.15) is 11.4 Å². The van der Waals surface area contributed by atoms with Crippen LogP contribution < -0.4 is 16.0 Å². The van der Waals surface area contributed by atoms with E-state index in [0.717, 1.165) is 31.2 Å². The molecule has 10 heteroatoms. The quantitative estimate of drug-likeness (QED) is 0.419. The van der Waals surface area contributed by atoms with Crippen LogP contribution >= 0.6 is 23.2 Å². The topological polar surface area (TPSA) is 99.2 Å². The number of halogens is 2. The van der Waals surface area contributed by atoms with Crippen molar-refractivity contribution in [2.45, 2.75) is 44.7 Å². The van der Waals surface area contributed by atoms with Gasteiger partial charge in [0.25, 0.3) is 5.91 Å². The number of amides is 2. The van der Waals surface area contributed by atoms with Gasteiger partial charge in [-0.3, -0.25) is 9.59 Å². The van der Waals surface area contributed by atoms with Gasteiger partial charge in [0.2, 0.25) is 11.9 Å². The molecule has 1 aliphatic heterocycles. The number of benzene rings is 1. The van der Waals surface area contributed by atoms with Crippen molar-refractivity contribution in [3.8, 4) is 0 Å². The molecule has 1 aliphatic carbocycles. The van der Waals surface area contributed by atoms with E-state index >= 15 is 0 Å². The number of carbonyl (C=O) groups excluding carboxylic acids is 2. The first-order valence-electron chi connectivity index (χ1n) is 11.5. The maximum Gasteiger partial charge on any atom is 0.256 e. The van der Waals surface area contributed by atoms with Crippen LogP contribution in [0.4, 0.5) is 11.8 Å². The standard InChI is InChI=1S/C24H28Cl2N6O2/c25-19-9-8-16(13-20(19)26)14-28-24-29-15-18(22(31-24)30-17-5-1-2-6-17)23(34)27-10-4-12-32-11-3-7-21(32)33/h3,7-9,13,15,17H,1-2,4-6,10-12,14H2,(H,27,34)(H2,28,29,30,31). The Bertz CT molecular complexity index is 1070. The molecule has 0 atom stereocenters. The molecule has 0 radical (unpaired) electrons. The molecule has 180 valence electrons. The first-order valence-corrected chi connectivity index (χ1v) is 12.3. The molecule has 0 spiro atoms. The van der Waals surface area contributed by atoms with Crippen molar-refractivity contribution >= 4 is 46.8 Å². The fraction of sp³-hybridized carbons (Fsp3) is 0.417. The smallest absolute Gasteiger partial charge is 0.256 e. The molecule has 1 aromatic heterocycles. The highest BCUT2D eigenvalue weighted by Crippen LogP contribution is 2.25. The van der Waals surface area contributed by atoms with E-state index in [-0.39, 0.29) is 17.9 Å². The van der Waals surface area contributed by atoms with Crippen LogP contribution in [0.2, 0.25) is 10.0 Å². The summed E-state index contributed by atoms with van der Waals surface area (Å²) in [6, 6.07) is 5.71. The summed E-state index contributed by atoms with van der Waals surface area (Å²) in [5, 5.41) is 10.5. The summed E-state index contributed by atoms with van der Waals surface area (Å²) in [5.41, 5.74) is 1.35. The molecule has 2 aromatic rings. The molecule has 2 amide bonds.